The van der Waals surface area contributed by atoms with Gasteiger partial charge in [-0.05, 0) is 57.8 Å². The molecule has 0 saturated carbocycles. The second kappa shape index (κ2) is 67.8. The normalized spacial score (nSPS) is 12.6. The SMILES string of the molecule is CCCCCCCCCCCCCCCCCCC(=O)OCCCCCCCCCCCCC/C=C\C/C=C\CCCCCCCCCCCCCCCCCCCC(=O)NC(CO)C(O)CCCCCCCCCCCC. The van der Waals surface area contributed by atoms with E-state index in [4.69, 9.17) is 4.74 Å². The highest BCUT2D eigenvalue weighted by atomic mass is 16.5. The molecule has 0 rings (SSSR count). The van der Waals surface area contributed by atoms with Crippen LogP contribution in [0.25, 0.3) is 0 Å². The Hall–Kier alpha value is -1.66. The van der Waals surface area contributed by atoms with Gasteiger partial charge in [-0.15, -0.1) is 0 Å². The molecule has 462 valence electrons. The van der Waals surface area contributed by atoms with Gasteiger partial charge >= 0.3 is 5.97 Å². The average Bonchev–Trinajstić information content (AvgIpc) is 3.44. The monoisotopic (exact) mass is 1100 g/mol. The Morgan fingerprint density at radius 3 is 0.974 bits per heavy atom. The molecule has 2 atom stereocenters. The first-order valence-electron chi connectivity index (χ1n) is 35.6. The van der Waals surface area contributed by atoms with Gasteiger partial charge < -0.3 is 20.3 Å². The summed E-state index contributed by atoms with van der Waals surface area (Å²) in [5, 5.41) is 23.2. The largest absolute Gasteiger partial charge is 0.466 e. The van der Waals surface area contributed by atoms with E-state index in [-0.39, 0.29) is 18.5 Å². The van der Waals surface area contributed by atoms with Gasteiger partial charge in [0.05, 0.1) is 25.4 Å². The van der Waals surface area contributed by atoms with Crippen molar-refractivity contribution >= 4 is 11.9 Å². The van der Waals surface area contributed by atoms with Crippen molar-refractivity contribution in [3.8, 4) is 0 Å². The third-order valence-corrected chi connectivity index (χ3v) is 16.8. The average molecular weight is 1100 g/mol. The summed E-state index contributed by atoms with van der Waals surface area (Å²) < 4.78 is 5.50. The lowest BCUT2D eigenvalue weighted by Crippen LogP contribution is -2.45. The highest BCUT2D eigenvalue weighted by molar-refractivity contribution is 5.76. The zero-order chi connectivity index (χ0) is 56.4. The third-order valence-electron chi connectivity index (χ3n) is 16.8. The highest BCUT2D eigenvalue weighted by Gasteiger charge is 2.20. The molecule has 6 nitrogen and oxygen atoms in total. The number of unbranched alkanes of at least 4 members (excludes halogenated alkanes) is 52. The number of carbonyl (C=O) groups is 2. The van der Waals surface area contributed by atoms with Gasteiger partial charge in [0.1, 0.15) is 0 Å². The molecule has 0 aromatic heterocycles. The molecule has 1 amide bonds. The van der Waals surface area contributed by atoms with Crippen LogP contribution < -0.4 is 5.32 Å². The summed E-state index contributed by atoms with van der Waals surface area (Å²) in [5.74, 6) is -0.0117. The molecule has 0 spiro atoms. The molecule has 2 unspecified atom stereocenters. The first kappa shape index (κ1) is 76.3. The molecule has 0 bridgehead atoms. The van der Waals surface area contributed by atoms with Crippen LogP contribution in [0.15, 0.2) is 24.3 Å². The number of carbonyl (C=O) groups excluding carboxylic acids is 2. The van der Waals surface area contributed by atoms with Crippen LogP contribution in [0.3, 0.4) is 0 Å². The van der Waals surface area contributed by atoms with Crippen molar-refractivity contribution in [1.82, 2.24) is 5.32 Å². The van der Waals surface area contributed by atoms with E-state index in [1.165, 1.54) is 321 Å². The molecule has 0 aromatic rings. The van der Waals surface area contributed by atoms with Crippen molar-refractivity contribution in [3.05, 3.63) is 24.3 Å². The Morgan fingerprint density at radius 2 is 0.641 bits per heavy atom. The lowest BCUT2D eigenvalue weighted by molar-refractivity contribution is -0.143. The summed E-state index contributed by atoms with van der Waals surface area (Å²) >= 11 is 0. The second-order valence-electron chi connectivity index (χ2n) is 24.6. The van der Waals surface area contributed by atoms with Gasteiger partial charge in [-0.25, -0.2) is 0 Å². The van der Waals surface area contributed by atoms with Gasteiger partial charge in [-0.1, -0.05) is 353 Å². The Labute approximate surface area is 488 Å². The van der Waals surface area contributed by atoms with E-state index in [2.05, 4.69) is 43.5 Å². The van der Waals surface area contributed by atoms with Crippen molar-refractivity contribution in [1.29, 1.82) is 0 Å². The molecule has 0 aliphatic carbocycles. The number of esters is 1. The number of hydrogen-bond donors (Lipinski definition) is 3. The smallest absolute Gasteiger partial charge is 0.305 e. The molecule has 0 aromatic carbocycles. The predicted octanol–water partition coefficient (Wildman–Crippen LogP) is 22.9. The molecule has 3 N–H and O–H groups in total. The van der Waals surface area contributed by atoms with Crippen molar-refractivity contribution < 1.29 is 24.5 Å². The summed E-state index contributed by atoms with van der Waals surface area (Å²) in [6.07, 6.45) is 85.4. The molecule has 0 saturated heterocycles. The fourth-order valence-corrected chi connectivity index (χ4v) is 11.3. The number of rotatable bonds is 67. The van der Waals surface area contributed by atoms with Gasteiger partial charge in [-0.3, -0.25) is 9.59 Å². The Morgan fingerprint density at radius 1 is 0.359 bits per heavy atom. The fraction of sp³-hybridized carbons (Fsp3) is 0.917. The van der Waals surface area contributed by atoms with Crippen LogP contribution >= 0.6 is 0 Å². The van der Waals surface area contributed by atoms with Crippen molar-refractivity contribution in [2.24, 2.45) is 0 Å². The van der Waals surface area contributed by atoms with Gasteiger partial charge in [0.2, 0.25) is 5.91 Å². The van der Waals surface area contributed by atoms with Crippen LogP contribution in [0.2, 0.25) is 0 Å². The molecule has 78 heavy (non-hydrogen) atoms. The first-order valence-corrected chi connectivity index (χ1v) is 35.6. The minimum absolute atomic E-state index is 0.0208. The minimum Gasteiger partial charge on any atom is -0.466 e. The van der Waals surface area contributed by atoms with Crippen molar-refractivity contribution in [3.63, 3.8) is 0 Å². The van der Waals surface area contributed by atoms with E-state index >= 15 is 0 Å². The number of amides is 1. The fourth-order valence-electron chi connectivity index (χ4n) is 11.3. The Balaban J connectivity index is 3.33. The summed E-state index contributed by atoms with van der Waals surface area (Å²) in [6.45, 7) is 4.97. The topological polar surface area (TPSA) is 95.9 Å². The second-order valence-corrected chi connectivity index (χ2v) is 24.6. The van der Waals surface area contributed by atoms with Crippen LogP contribution in [0.1, 0.15) is 399 Å². The number of nitrogens with one attached hydrogen (secondary N) is 1. The highest BCUT2D eigenvalue weighted by Crippen LogP contribution is 2.19. The number of aliphatic hydroxyl groups excluding tert-OH is 2. The molecular formula is C72H139NO5. The quantitative estimate of drug-likeness (QED) is 0.0320. The first-order chi connectivity index (χ1) is 38.5. The molecule has 0 aliphatic heterocycles. The molecule has 0 heterocycles. The van der Waals surface area contributed by atoms with Gasteiger partial charge in [0, 0.05) is 12.8 Å². The van der Waals surface area contributed by atoms with E-state index in [0.29, 0.717) is 25.9 Å². The van der Waals surface area contributed by atoms with E-state index in [9.17, 15) is 19.8 Å². The van der Waals surface area contributed by atoms with Gasteiger partial charge in [0.25, 0.3) is 0 Å². The van der Waals surface area contributed by atoms with E-state index in [1.54, 1.807) is 0 Å². The minimum atomic E-state index is -0.660. The Bertz CT molecular complexity index is 1220. The maximum atomic E-state index is 12.4. The van der Waals surface area contributed by atoms with Crippen molar-refractivity contribution in [2.75, 3.05) is 13.2 Å². The number of allylic oxidation sites excluding steroid dienone is 4. The van der Waals surface area contributed by atoms with Crippen LogP contribution in [-0.2, 0) is 14.3 Å². The summed E-state index contributed by atoms with van der Waals surface area (Å²) in [7, 11) is 0. The third kappa shape index (κ3) is 63.5. The molecule has 0 aliphatic rings. The van der Waals surface area contributed by atoms with Crippen LogP contribution in [-0.4, -0.2) is 47.4 Å². The maximum Gasteiger partial charge on any atom is 0.305 e. The number of ether oxygens (including phenoxy) is 1. The number of aliphatic hydroxyl groups is 2. The predicted molar refractivity (Wildman–Crippen MR) is 343 cm³/mol. The lowest BCUT2D eigenvalue weighted by Gasteiger charge is -2.22. The van der Waals surface area contributed by atoms with Crippen LogP contribution in [0.5, 0.6) is 0 Å². The summed E-state index contributed by atoms with van der Waals surface area (Å²) in [5.41, 5.74) is 0. The number of hydrogen-bond acceptors (Lipinski definition) is 5. The zero-order valence-electron chi connectivity index (χ0n) is 52.9. The molecule has 0 radical (unpaired) electrons. The standard InChI is InChI=1S/C72H139NO5/c1-3-5-7-9-11-13-15-16-17-40-43-46-50-54-58-62-66-72(77)78-67-63-59-55-51-47-44-41-38-36-34-32-30-28-26-24-22-20-18-19-21-23-25-27-29-31-33-35-37-39-42-45-49-53-57-61-65-71(76)73-69(68-74)70(75)64-60-56-52-48-14-12-10-8-6-4-2/h20,22,26,28,69-70,74-75H,3-19,21,23-25,27,29-68H2,1-2H3,(H,73,76)/b22-20-,28-26-. The maximum absolute atomic E-state index is 12.4. The van der Waals surface area contributed by atoms with E-state index < -0.39 is 12.1 Å². The van der Waals surface area contributed by atoms with Gasteiger partial charge in [0.15, 0.2) is 0 Å². The molecular weight excluding hydrogens is 959 g/mol. The molecule has 0 fully saturated rings. The van der Waals surface area contributed by atoms with E-state index in [1.807, 2.05) is 0 Å². The summed E-state index contributed by atoms with van der Waals surface area (Å²) in [6, 6.07) is -0.537. The molecule has 6 heteroatoms. The van der Waals surface area contributed by atoms with Crippen molar-refractivity contribution in [2.45, 2.75) is 411 Å². The van der Waals surface area contributed by atoms with E-state index in [0.717, 1.165) is 44.9 Å². The summed E-state index contributed by atoms with van der Waals surface area (Å²) in [4.78, 5) is 24.5. The van der Waals surface area contributed by atoms with Crippen LogP contribution in [0, 0.1) is 0 Å². The van der Waals surface area contributed by atoms with Crippen LogP contribution in [0.4, 0.5) is 0 Å². The lowest BCUT2D eigenvalue weighted by atomic mass is 10.0. The Kier molecular flexibility index (Phi) is 66.4. The van der Waals surface area contributed by atoms with Gasteiger partial charge in [-0.2, -0.15) is 0 Å². The zero-order valence-corrected chi connectivity index (χ0v) is 52.9.